The Bertz CT molecular complexity index is 424. The minimum Gasteiger partial charge on any atom is -0.338 e. The Morgan fingerprint density at radius 2 is 1.75 bits per heavy atom. The van der Waals surface area contributed by atoms with E-state index < -0.39 is 0 Å². The Morgan fingerprint density at radius 1 is 1.10 bits per heavy atom. The second-order valence-electron chi connectivity index (χ2n) is 5.49. The molecule has 0 aromatic heterocycles. The van der Waals surface area contributed by atoms with Gasteiger partial charge in [-0.2, -0.15) is 0 Å². The predicted molar refractivity (Wildman–Crippen MR) is 82.4 cm³/mol. The van der Waals surface area contributed by atoms with Crippen molar-refractivity contribution in [1.29, 1.82) is 0 Å². The summed E-state index contributed by atoms with van der Waals surface area (Å²) in [6.45, 7) is 7.68. The summed E-state index contributed by atoms with van der Waals surface area (Å²) in [4.78, 5) is 14.6. The number of likely N-dealkylation sites (tertiary alicyclic amines) is 1. The highest BCUT2D eigenvalue weighted by atomic mass is 16.2. The number of amides is 1. The summed E-state index contributed by atoms with van der Waals surface area (Å²) >= 11 is 0. The summed E-state index contributed by atoms with van der Waals surface area (Å²) < 4.78 is 0. The molecule has 110 valence electrons. The first-order valence-electron chi connectivity index (χ1n) is 7.84. The summed E-state index contributed by atoms with van der Waals surface area (Å²) in [5.41, 5.74) is 1.19. The van der Waals surface area contributed by atoms with Gasteiger partial charge >= 0.3 is 0 Å². The van der Waals surface area contributed by atoms with Gasteiger partial charge in [0.15, 0.2) is 0 Å². The number of nitrogens with zero attached hydrogens (tertiary/aromatic N) is 1. The topological polar surface area (TPSA) is 32.3 Å². The van der Waals surface area contributed by atoms with Crippen LogP contribution in [0.4, 0.5) is 0 Å². The molecule has 1 aromatic carbocycles. The summed E-state index contributed by atoms with van der Waals surface area (Å²) in [5, 5.41) is 3.35. The van der Waals surface area contributed by atoms with E-state index in [9.17, 15) is 4.79 Å². The van der Waals surface area contributed by atoms with Crippen LogP contribution in [0.5, 0.6) is 0 Å². The standard InChI is InChI=1S/C15H20N2O.C2H6/c18-14-15(6-9-16-10-7-15)8-11-17(14)12-13-4-2-1-3-5-13;1-2/h1-5,16H,6-12H2;1-2H3. The van der Waals surface area contributed by atoms with Gasteiger partial charge in [-0.05, 0) is 37.9 Å². The van der Waals surface area contributed by atoms with Crippen LogP contribution in [0, 0.1) is 5.41 Å². The lowest BCUT2D eigenvalue weighted by atomic mass is 9.78. The molecule has 0 aliphatic carbocycles. The Hall–Kier alpha value is -1.35. The van der Waals surface area contributed by atoms with Gasteiger partial charge in [-0.3, -0.25) is 4.79 Å². The second-order valence-corrected chi connectivity index (χ2v) is 5.49. The number of carbonyl (C=O) groups is 1. The van der Waals surface area contributed by atoms with E-state index in [1.807, 2.05) is 36.9 Å². The minimum absolute atomic E-state index is 0.0416. The SMILES string of the molecule is CC.O=C1N(Cc2ccccc2)CCC12CCNCC2. The van der Waals surface area contributed by atoms with E-state index in [-0.39, 0.29) is 5.41 Å². The first-order valence-corrected chi connectivity index (χ1v) is 7.84. The maximum Gasteiger partial charge on any atom is 0.229 e. The zero-order valence-corrected chi connectivity index (χ0v) is 12.7. The number of hydrogen-bond acceptors (Lipinski definition) is 2. The molecule has 0 radical (unpaired) electrons. The molecular weight excluding hydrogens is 248 g/mol. The molecule has 2 aliphatic heterocycles. The van der Waals surface area contributed by atoms with E-state index in [4.69, 9.17) is 0 Å². The molecule has 0 saturated carbocycles. The number of nitrogens with one attached hydrogen (secondary N) is 1. The molecular formula is C17H26N2O. The molecule has 2 saturated heterocycles. The predicted octanol–water partition coefficient (Wildman–Crippen LogP) is 2.81. The van der Waals surface area contributed by atoms with E-state index in [1.165, 1.54) is 5.56 Å². The summed E-state index contributed by atoms with van der Waals surface area (Å²) in [7, 11) is 0. The Labute approximate surface area is 122 Å². The van der Waals surface area contributed by atoms with Gasteiger partial charge in [-0.25, -0.2) is 0 Å². The molecule has 0 bridgehead atoms. The zero-order chi connectivity index (χ0) is 14.4. The van der Waals surface area contributed by atoms with Crippen molar-refractivity contribution in [3.05, 3.63) is 35.9 Å². The van der Waals surface area contributed by atoms with E-state index in [2.05, 4.69) is 17.4 Å². The van der Waals surface area contributed by atoms with Crippen LogP contribution in [-0.2, 0) is 11.3 Å². The third kappa shape index (κ3) is 3.04. The molecule has 1 aromatic rings. The van der Waals surface area contributed by atoms with Crippen LogP contribution in [0.25, 0.3) is 0 Å². The van der Waals surface area contributed by atoms with Crippen LogP contribution in [0.1, 0.15) is 38.7 Å². The molecule has 2 aliphatic rings. The molecule has 0 unspecified atom stereocenters. The van der Waals surface area contributed by atoms with E-state index >= 15 is 0 Å². The van der Waals surface area contributed by atoms with Crippen LogP contribution >= 0.6 is 0 Å². The molecule has 20 heavy (non-hydrogen) atoms. The largest absolute Gasteiger partial charge is 0.338 e. The van der Waals surface area contributed by atoms with Crippen LogP contribution in [0.2, 0.25) is 0 Å². The van der Waals surface area contributed by atoms with Gasteiger partial charge in [0.1, 0.15) is 0 Å². The third-order valence-corrected chi connectivity index (χ3v) is 4.38. The fourth-order valence-electron chi connectivity index (χ4n) is 3.22. The monoisotopic (exact) mass is 274 g/mol. The van der Waals surface area contributed by atoms with Crippen molar-refractivity contribution in [2.45, 2.75) is 39.7 Å². The van der Waals surface area contributed by atoms with Gasteiger partial charge in [0, 0.05) is 13.1 Å². The molecule has 3 heteroatoms. The van der Waals surface area contributed by atoms with Crippen molar-refractivity contribution in [1.82, 2.24) is 10.2 Å². The number of carbonyl (C=O) groups excluding carboxylic acids is 1. The molecule has 1 spiro atoms. The molecule has 1 N–H and O–H groups in total. The maximum atomic E-state index is 12.6. The lowest BCUT2D eigenvalue weighted by molar-refractivity contribution is -0.137. The lowest BCUT2D eigenvalue weighted by Crippen LogP contribution is -2.42. The van der Waals surface area contributed by atoms with Crippen molar-refractivity contribution in [2.24, 2.45) is 5.41 Å². The Balaban J connectivity index is 0.000000704. The van der Waals surface area contributed by atoms with Crippen LogP contribution in [0.3, 0.4) is 0 Å². The average molecular weight is 274 g/mol. The highest BCUT2D eigenvalue weighted by molar-refractivity contribution is 5.85. The quantitative estimate of drug-likeness (QED) is 0.899. The molecule has 2 heterocycles. The van der Waals surface area contributed by atoms with E-state index in [1.54, 1.807) is 0 Å². The number of rotatable bonds is 2. The first kappa shape index (κ1) is 15.0. The van der Waals surface area contributed by atoms with E-state index in [0.29, 0.717) is 5.91 Å². The lowest BCUT2D eigenvalue weighted by Gasteiger charge is -2.32. The smallest absolute Gasteiger partial charge is 0.229 e. The molecule has 3 rings (SSSR count). The fourth-order valence-corrected chi connectivity index (χ4v) is 3.22. The number of piperidine rings is 1. The van der Waals surface area contributed by atoms with Gasteiger partial charge in [0.25, 0.3) is 0 Å². The average Bonchev–Trinajstić information content (AvgIpc) is 2.81. The van der Waals surface area contributed by atoms with Crippen molar-refractivity contribution in [2.75, 3.05) is 19.6 Å². The van der Waals surface area contributed by atoms with Crippen LogP contribution < -0.4 is 5.32 Å². The zero-order valence-electron chi connectivity index (χ0n) is 12.7. The fraction of sp³-hybridized carbons (Fsp3) is 0.588. The second kappa shape index (κ2) is 6.89. The molecule has 2 fully saturated rings. The van der Waals surface area contributed by atoms with Crippen molar-refractivity contribution in [3.63, 3.8) is 0 Å². The van der Waals surface area contributed by atoms with Crippen molar-refractivity contribution in [3.8, 4) is 0 Å². The van der Waals surface area contributed by atoms with Crippen molar-refractivity contribution >= 4 is 5.91 Å². The Morgan fingerprint density at radius 3 is 2.40 bits per heavy atom. The number of hydrogen-bond donors (Lipinski definition) is 1. The third-order valence-electron chi connectivity index (χ3n) is 4.38. The van der Waals surface area contributed by atoms with Gasteiger partial charge in [0.05, 0.1) is 5.41 Å². The van der Waals surface area contributed by atoms with Crippen LogP contribution in [0.15, 0.2) is 30.3 Å². The van der Waals surface area contributed by atoms with Crippen LogP contribution in [-0.4, -0.2) is 30.4 Å². The van der Waals surface area contributed by atoms with Gasteiger partial charge < -0.3 is 10.2 Å². The van der Waals surface area contributed by atoms with Gasteiger partial charge in [-0.1, -0.05) is 44.2 Å². The summed E-state index contributed by atoms with van der Waals surface area (Å²) in [6.07, 6.45) is 3.06. The summed E-state index contributed by atoms with van der Waals surface area (Å²) in [6, 6.07) is 10.3. The normalized spacial score (nSPS) is 20.7. The van der Waals surface area contributed by atoms with E-state index in [0.717, 1.165) is 45.4 Å². The van der Waals surface area contributed by atoms with Gasteiger partial charge in [-0.15, -0.1) is 0 Å². The minimum atomic E-state index is -0.0416. The summed E-state index contributed by atoms with van der Waals surface area (Å²) in [5.74, 6) is 0.382. The first-order chi connectivity index (χ1) is 9.80. The molecule has 0 atom stereocenters. The van der Waals surface area contributed by atoms with Gasteiger partial charge in [0.2, 0.25) is 5.91 Å². The van der Waals surface area contributed by atoms with Crippen molar-refractivity contribution < 1.29 is 4.79 Å². The number of benzene rings is 1. The highest BCUT2D eigenvalue weighted by Crippen LogP contribution is 2.40. The maximum absolute atomic E-state index is 12.6. The Kier molecular flexibility index (Phi) is 5.18. The molecule has 3 nitrogen and oxygen atoms in total. The highest BCUT2D eigenvalue weighted by Gasteiger charge is 2.46. The molecule has 1 amide bonds.